The number of benzene rings is 2. The minimum absolute atomic E-state index is 0.132. The van der Waals surface area contributed by atoms with Gasteiger partial charge in [0.25, 0.3) is 0 Å². The quantitative estimate of drug-likeness (QED) is 0.255. The molecule has 8 heteroatoms. The normalized spacial score (nSPS) is 21.7. The van der Waals surface area contributed by atoms with Crippen molar-refractivity contribution in [3.8, 4) is 11.5 Å². The number of aliphatic hydroxyl groups excluding tert-OH is 2. The minimum Gasteiger partial charge on any atom is -0.508 e. The average Bonchev–Trinajstić information content (AvgIpc) is 3.21. The molecule has 0 unspecified atom stereocenters. The molecule has 0 saturated carbocycles. The van der Waals surface area contributed by atoms with Gasteiger partial charge in [0.2, 0.25) is 11.8 Å². The molecule has 0 bridgehead atoms. The average molecular weight is 555 g/mol. The third-order valence-corrected chi connectivity index (χ3v) is 8.01. The molecule has 1 aromatic heterocycles. The van der Waals surface area contributed by atoms with Crippen molar-refractivity contribution in [3.63, 3.8) is 0 Å². The van der Waals surface area contributed by atoms with E-state index in [1.807, 2.05) is 60.7 Å². The number of likely N-dealkylation sites (tertiary alicyclic amines) is 1. The maximum Gasteiger partial charge on any atom is 0.233 e. The Labute approximate surface area is 239 Å². The predicted octanol–water partition coefficient (Wildman–Crippen LogP) is 4.09. The molecule has 1 fully saturated rings. The summed E-state index contributed by atoms with van der Waals surface area (Å²) >= 11 is 0. The van der Waals surface area contributed by atoms with Crippen LogP contribution in [0.3, 0.4) is 0 Å². The number of para-hydroxylation sites is 1. The molecule has 41 heavy (non-hydrogen) atoms. The number of ether oxygens (including phenoxy) is 1. The lowest BCUT2D eigenvalue weighted by Crippen LogP contribution is -2.39. The first-order valence-electron chi connectivity index (χ1n) is 13.8. The van der Waals surface area contributed by atoms with Crippen LogP contribution in [0.4, 0.5) is 0 Å². The molecule has 3 N–H and O–H groups in total. The van der Waals surface area contributed by atoms with Gasteiger partial charge in [-0.2, -0.15) is 0 Å². The third-order valence-electron chi connectivity index (χ3n) is 8.01. The van der Waals surface area contributed by atoms with Gasteiger partial charge in [-0.3, -0.25) is 19.5 Å². The summed E-state index contributed by atoms with van der Waals surface area (Å²) in [5.74, 6) is -1.82. The molecule has 2 amide bonds. The highest BCUT2D eigenvalue weighted by Gasteiger charge is 2.53. The number of aliphatic hydroxyl groups is 2. The highest BCUT2D eigenvalue weighted by Crippen LogP contribution is 2.46. The Morgan fingerprint density at radius 3 is 2.56 bits per heavy atom. The minimum atomic E-state index is -0.993. The number of nitrogens with zero attached hydrogens (tertiary/aromatic N) is 2. The summed E-state index contributed by atoms with van der Waals surface area (Å²) < 4.78 is 6.04. The van der Waals surface area contributed by atoms with E-state index in [9.17, 15) is 24.9 Å². The molecular formula is C33H34N2O6. The van der Waals surface area contributed by atoms with Crippen LogP contribution < -0.4 is 4.74 Å². The number of allylic oxidation sites excluding steroid dienone is 1. The number of phenolic OH excluding ortho intramolecular Hbond substituents is 1. The number of carbonyl (C=O) groups excluding carboxylic acids is 2. The molecule has 212 valence electrons. The second-order valence-corrected chi connectivity index (χ2v) is 10.6. The SMILES string of the molecule is CN1C(=O)[C@@H]2[C@@H](CC(COc3ccccc3)=C([C@H](O)CC/C(=C/c3cccc(O)c3)c3ccccn3)[C@@H]2CO)C1=O. The second kappa shape index (κ2) is 12.5. The van der Waals surface area contributed by atoms with Gasteiger partial charge in [0, 0.05) is 19.2 Å². The van der Waals surface area contributed by atoms with Gasteiger partial charge in [0.1, 0.15) is 18.1 Å². The molecule has 5 rings (SSSR count). The topological polar surface area (TPSA) is 120 Å². The third kappa shape index (κ3) is 6.09. The van der Waals surface area contributed by atoms with Crippen molar-refractivity contribution in [2.45, 2.75) is 25.4 Å². The Morgan fingerprint density at radius 2 is 1.85 bits per heavy atom. The number of aromatic nitrogens is 1. The van der Waals surface area contributed by atoms with Gasteiger partial charge in [-0.15, -0.1) is 0 Å². The first kappa shape index (κ1) is 28.3. The maximum atomic E-state index is 13.1. The van der Waals surface area contributed by atoms with Crippen LogP contribution in [0, 0.1) is 17.8 Å². The number of rotatable bonds is 10. The summed E-state index contributed by atoms with van der Waals surface area (Å²) in [6.07, 6.45) is 3.64. The van der Waals surface area contributed by atoms with Crippen LogP contribution in [0.5, 0.6) is 11.5 Å². The number of hydrogen-bond acceptors (Lipinski definition) is 7. The number of carbonyl (C=O) groups is 2. The van der Waals surface area contributed by atoms with Crippen molar-refractivity contribution in [2.75, 3.05) is 20.3 Å². The molecule has 0 radical (unpaired) electrons. The van der Waals surface area contributed by atoms with Gasteiger partial charge in [0.05, 0.1) is 30.2 Å². The molecule has 1 saturated heterocycles. The van der Waals surface area contributed by atoms with Crippen LogP contribution in [-0.2, 0) is 9.59 Å². The van der Waals surface area contributed by atoms with Gasteiger partial charge in [-0.1, -0.05) is 36.4 Å². The number of pyridine rings is 1. The van der Waals surface area contributed by atoms with Crippen LogP contribution in [0.15, 0.2) is 90.1 Å². The van der Waals surface area contributed by atoms with E-state index in [1.54, 1.807) is 24.4 Å². The lowest BCUT2D eigenvalue weighted by atomic mass is 9.68. The first-order chi connectivity index (χ1) is 19.9. The number of fused-ring (bicyclic) bond motifs is 1. The largest absolute Gasteiger partial charge is 0.508 e. The van der Waals surface area contributed by atoms with Crippen LogP contribution >= 0.6 is 0 Å². The molecule has 0 spiro atoms. The van der Waals surface area contributed by atoms with Crippen LogP contribution in [0.25, 0.3) is 11.6 Å². The van der Waals surface area contributed by atoms with Crippen molar-refractivity contribution < 1.29 is 29.6 Å². The fraction of sp³-hybridized carbons (Fsp3) is 0.303. The van der Waals surface area contributed by atoms with E-state index in [-0.39, 0.29) is 43.6 Å². The van der Waals surface area contributed by atoms with Gasteiger partial charge in [-0.25, -0.2) is 0 Å². The Bertz CT molecular complexity index is 1450. The number of phenols is 1. The fourth-order valence-electron chi connectivity index (χ4n) is 6.03. The van der Waals surface area contributed by atoms with E-state index in [0.717, 1.165) is 27.3 Å². The van der Waals surface area contributed by atoms with E-state index >= 15 is 0 Å². The first-order valence-corrected chi connectivity index (χ1v) is 13.8. The number of imide groups is 1. The highest BCUT2D eigenvalue weighted by molar-refractivity contribution is 6.05. The summed E-state index contributed by atoms with van der Waals surface area (Å²) in [5.41, 5.74) is 3.70. The zero-order valence-corrected chi connectivity index (χ0v) is 22.9. The summed E-state index contributed by atoms with van der Waals surface area (Å²) in [5, 5.41) is 32.1. The lowest BCUT2D eigenvalue weighted by Gasteiger charge is -2.36. The molecule has 3 aromatic rings. The van der Waals surface area contributed by atoms with Crippen molar-refractivity contribution in [2.24, 2.45) is 17.8 Å². The maximum absolute atomic E-state index is 13.1. The Kier molecular flexibility index (Phi) is 8.61. The van der Waals surface area contributed by atoms with E-state index in [4.69, 9.17) is 4.74 Å². The van der Waals surface area contributed by atoms with Crippen LogP contribution in [-0.4, -0.2) is 63.4 Å². The summed E-state index contributed by atoms with van der Waals surface area (Å²) in [6.45, 7) is -0.241. The van der Waals surface area contributed by atoms with Gasteiger partial charge < -0.3 is 20.1 Å². The van der Waals surface area contributed by atoms with Gasteiger partial charge in [-0.05, 0) is 84.0 Å². The zero-order valence-electron chi connectivity index (χ0n) is 22.9. The Morgan fingerprint density at radius 1 is 1.07 bits per heavy atom. The van der Waals surface area contributed by atoms with Gasteiger partial charge in [0.15, 0.2) is 0 Å². The molecule has 1 aliphatic heterocycles. The predicted molar refractivity (Wildman–Crippen MR) is 154 cm³/mol. The van der Waals surface area contributed by atoms with Gasteiger partial charge >= 0.3 is 0 Å². The molecule has 4 atom stereocenters. The summed E-state index contributed by atoms with van der Waals surface area (Å²) in [7, 11) is 1.47. The Balaban J connectivity index is 1.46. The fourth-order valence-corrected chi connectivity index (χ4v) is 6.03. The zero-order chi connectivity index (χ0) is 28.9. The summed E-state index contributed by atoms with van der Waals surface area (Å²) in [6, 6.07) is 21.8. The monoisotopic (exact) mass is 554 g/mol. The smallest absolute Gasteiger partial charge is 0.233 e. The molecule has 2 heterocycles. The number of aromatic hydroxyl groups is 1. The van der Waals surface area contributed by atoms with Crippen LogP contribution in [0.1, 0.15) is 30.5 Å². The number of hydrogen-bond donors (Lipinski definition) is 3. The standard InChI is InChI=1S/C33H34N2O6/c1-35-32(39)26-18-23(20-41-25-10-3-2-4-11-25)30(27(19-36)31(26)33(35)40)29(38)14-13-22(28-12-5-6-15-34-28)16-21-8-7-9-24(37)17-21/h2-12,15-17,26-27,29,31,36-38H,13-14,18-20H2,1H3/b22-16-/t26-,27+,29-,31-/m1/s1. The molecule has 8 nitrogen and oxygen atoms in total. The molecular weight excluding hydrogens is 520 g/mol. The molecule has 2 aromatic carbocycles. The molecule has 2 aliphatic rings. The molecule has 1 aliphatic carbocycles. The van der Waals surface area contributed by atoms with Crippen molar-refractivity contribution in [1.29, 1.82) is 0 Å². The van der Waals surface area contributed by atoms with E-state index < -0.39 is 23.9 Å². The van der Waals surface area contributed by atoms with Crippen molar-refractivity contribution >= 4 is 23.5 Å². The van der Waals surface area contributed by atoms with Crippen LogP contribution in [0.2, 0.25) is 0 Å². The second-order valence-electron chi connectivity index (χ2n) is 10.6. The summed E-state index contributed by atoms with van der Waals surface area (Å²) in [4.78, 5) is 31.7. The van der Waals surface area contributed by atoms with E-state index in [0.29, 0.717) is 17.7 Å². The number of amides is 2. The van der Waals surface area contributed by atoms with Crippen molar-refractivity contribution in [3.05, 3.63) is 101 Å². The van der Waals surface area contributed by atoms with E-state index in [2.05, 4.69) is 4.98 Å². The van der Waals surface area contributed by atoms with E-state index in [1.165, 1.54) is 7.05 Å². The van der Waals surface area contributed by atoms with Crippen molar-refractivity contribution in [1.82, 2.24) is 9.88 Å². The Hall–Kier alpha value is -4.27. The highest BCUT2D eigenvalue weighted by atomic mass is 16.5. The lowest BCUT2D eigenvalue weighted by molar-refractivity contribution is -0.138.